The van der Waals surface area contributed by atoms with Gasteiger partial charge in [0.2, 0.25) is 5.69 Å². The number of anilines is 1. The Morgan fingerprint density at radius 2 is 1.76 bits per heavy atom. The summed E-state index contributed by atoms with van der Waals surface area (Å²) in [4.78, 5) is 25.7. The number of esters is 2. The van der Waals surface area contributed by atoms with E-state index in [1.54, 1.807) is 13.8 Å². The lowest BCUT2D eigenvalue weighted by Gasteiger charge is -2.00. The molecule has 1 heterocycles. The monoisotopic (exact) mass is 324 g/mol. The molecule has 0 aromatic carbocycles. The Hall–Kier alpha value is -1.15. The van der Waals surface area contributed by atoms with Crippen LogP contribution in [0.3, 0.4) is 0 Å². The molecule has 0 aliphatic rings. The van der Waals surface area contributed by atoms with E-state index in [-0.39, 0.29) is 45.9 Å². The number of nitrogens with two attached hydrogens (primary N) is 1. The van der Waals surface area contributed by atoms with E-state index in [4.69, 9.17) is 15.2 Å². The van der Waals surface area contributed by atoms with Gasteiger partial charge in [-0.3, -0.25) is 5.73 Å². The summed E-state index contributed by atoms with van der Waals surface area (Å²) in [7, 11) is 0. The lowest BCUT2D eigenvalue weighted by molar-refractivity contribution is -0.360. The highest BCUT2D eigenvalue weighted by atomic mass is 79.9. The molecule has 0 bridgehead atoms. The topological polar surface area (TPSA) is 92.8 Å². The first-order valence-electron chi connectivity index (χ1n) is 4.75. The largest absolute Gasteiger partial charge is 1.00 e. The highest BCUT2D eigenvalue weighted by molar-refractivity contribution is 7.17. The van der Waals surface area contributed by atoms with Crippen molar-refractivity contribution in [3.05, 3.63) is 10.6 Å². The van der Waals surface area contributed by atoms with E-state index in [2.05, 4.69) is 4.98 Å². The summed E-state index contributed by atoms with van der Waals surface area (Å²) in [6.07, 6.45) is 0. The Balaban J connectivity index is 0.00000256. The fraction of sp³-hybridized carbons (Fsp3) is 0.444. The van der Waals surface area contributed by atoms with Gasteiger partial charge in [0, 0.05) is 0 Å². The van der Waals surface area contributed by atoms with Crippen LogP contribution in [0.15, 0.2) is 0 Å². The number of aromatic amines is 1. The number of carbonyl (C=O) groups excluding carboxylic acids is 2. The maximum atomic E-state index is 11.5. The van der Waals surface area contributed by atoms with Crippen LogP contribution < -0.4 is 27.7 Å². The SMILES string of the molecule is CCOC(=O)c1[nH+]c(N)sc1C(=O)OCC.[Br-]. The van der Waals surface area contributed by atoms with E-state index in [1.165, 1.54) is 0 Å². The van der Waals surface area contributed by atoms with Crippen molar-refractivity contribution in [2.24, 2.45) is 0 Å². The van der Waals surface area contributed by atoms with Gasteiger partial charge in [0.25, 0.3) is 0 Å². The molecule has 0 radical (unpaired) electrons. The predicted octanol–water partition coefficient (Wildman–Crippen LogP) is -2.50. The Labute approximate surface area is 113 Å². The number of halogens is 1. The summed E-state index contributed by atoms with van der Waals surface area (Å²) in [5, 5.41) is 0.256. The van der Waals surface area contributed by atoms with E-state index in [9.17, 15) is 9.59 Å². The van der Waals surface area contributed by atoms with Crippen LogP contribution in [0.1, 0.15) is 34.0 Å². The molecular formula is C9H13BrN2O4S. The van der Waals surface area contributed by atoms with Gasteiger partial charge in [-0.1, -0.05) is 0 Å². The van der Waals surface area contributed by atoms with Crippen LogP contribution in [-0.2, 0) is 9.47 Å². The number of thiazole rings is 1. The third-order valence-corrected chi connectivity index (χ3v) is 2.52. The van der Waals surface area contributed by atoms with Crippen molar-refractivity contribution in [2.75, 3.05) is 18.9 Å². The van der Waals surface area contributed by atoms with E-state index in [0.29, 0.717) is 0 Å². The Morgan fingerprint density at radius 3 is 2.29 bits per heavy atom. The van der Waals surface area contributed by atoms with Gasteiger partial charge in [0.05, 0.1) is 13.2 Å². The maximum Gasteiger partial charge on any atom is 0.380 e. The van der Waals surface area contributed by atoms with Crippen LogP contribution in [-0.4, -0.2) is 25.2 Å². The van der Waals surface area contributed by atoms with Crippen LogP contribution in [0.2, 0.25) is 0 Å². The van der Waals surface area contributed by atoms with Crippen molar-refractivity contribution in [1.82, 2.24) is 0 Å². The normalized spacial score (nSPS) is 9.29. The number of H-pyrrole nitrogens is 1. The molecule has 0 spiro atoms. The molecular weight excluding hydrogens is 312 g/mol. The van der Waals surface area contributed by atoms with Crippen LogP contribution in [0, 0.1) is 0 Å². The Bertz CT molecular complexity index is 372. The zero-order valence-electron chi connectivity index (χ0n) is 9.41. The molecule has 0 fully saturated rings. The predicted molar refractivity (Wildman–Crippen MR) is 57.2 cm³/mol. The lowest BCUT2D eigenvalue weighted by Crippen LogP contribution is -3.00. The minimum absolute atomic E-state index is 0. The molecule has 6 nitrogen and oxygen atoms in total. The fourth-order valence-corrected chi connectivity index (χ4v) is 1.81. The molecule has 0 aliphatic carbocycles. The molecule has 1 aromatic heterocycles. The third-order valence-electron chi connectivity index (χ3n) is 1.63. The number of hydrogen-bond donors (Lipinski definition) is 1. The molecule has 8 heteroatoms. The number of hydrogen-bond acceptors (Lipinski definition) is 6. The highest BCUT2D eigenvalue weighted by Crippen LogP contribution is 2.18. The van der Waals surface area contributed by atoms with Crippen LogP contribution in [0.25, 0.3) is 0 Å². The van der Waals surface area contributed by atoms with Crippen molar-refractivity contribution in [3.63, 3.8) is 0 Å². The Morgan fingerprint density at radius 1 is 1.24 bits per heavy atom. The molecule has 17 heavy (non-hydrogen) atoms. The van der Waals surface area contributed by atoms with Gasteiger partial charge in [-0.2, -0.15) is 0 Å². The summed E-state index contributed by atoms with van der Waals surface area (Å²) in [5.74, 6) is -1.19. The molecule has 96 valence electrons. The summed E-state index contributed by atoms with van der Waals surface area (Å²) < 4.78 is 9.58. The van der Waals surface area contributed by atoms with E-state index in [1.807, 2.05) is 0 Å². The smallest absolute Gasteiger partial charge is 0.380 e. The van der Waals surface area contributed by atoms with Gasteiger partial charge in [-0.05, 0) is 25.2 Å². The Kier molecular flexibility index (Phi) is 6.74. The average molecular weight is 325 g/mol. The van der Waals surface area contributed by atoms with Crippen LogP contribution in [0.5, 0.6) is 0 Å². The van der Waals surface area contributed by atoms with Crippen molar-refractivity contribution in [2.45, 2.75) is 13.8 Å². The van der Waals surface area contributed by atoms with Gasteiger partial charge in [-0.15, -0.1) is 0 Å². The number of carbonyl (C=O) groups is 2. The van der Waals surface area contributed by atoms with Gasteiger partial charge in [0.1, 0.15) is 0 Å². The molecule has 1 rings (SSSR count). The van der Waals surface area contributed by atoms with Crippen molar-refractivity contribution < 1.29 is 41.0 Å². The summed E-state index contributed by atoms with van der Waals surface area (Å²) in [6, 6.07) is 0. The molecule has 0 amide bonds. The molecule has 0 saturated carbocycles. The second kappa shape index (κ2) is 7.23. The van der Waals surface area contributed by atoms with E-state index >= 15 is 0 Å². The second-order valence-electron chi connectivity index (χ2n) is 2.74. The van der Waals surface area contributed by atoms with Gasteiger partial charge in [-0.25, -0.2) is 14.6 Å². The van der Waals surface area contributed by atoms with Crippen molar-refractivity contribution in [3.8, 4) is 0 Å². The van der Waals surface area contributed by atoms with Crippen molar-refractivity contribution in [1.29, 1.82) is 0 Å². The van der Waals surface area contributed by atoms with Crippen LogP contribution >= 0.6 is 11.3 Å². The first-order valence-corrected chi connectivity index (χ1v) is 5.57. The standard InChI is InChI=1S/C9H12N2O4S.BrH/c1-3-14-7(12)5-6(8(13)15-4-2)16-9(10)11-5;/h3-4H2,1-2H3,(H2,10,11);1H. The van der Waals surface area contributed by atoms with Gasteiger partial charge < -0.3 is 26.5 Å². The number of nitrogen functional groups attached to an aromatic ring is 1. The second-order valence-corrected chi connectivity index (χ2v) is 3.79. The summed E-state index contributed by atoms with van der Waals surface area (Å²) in [5.41, 5.74) is 5.54. The van der Waals surface area contributed by atoms with Gasteiger partial charge in [0.15, 0.2) is 4.88 Å². The zero-order valence-corrected chi connectivity index (χ0v) is 11.8. The quantitative estimate of drug-likeness (QED) is 0.618. The number of ether oxygens (including phenoxy) is 2. The summed E-state index contributed by atoms with van der Waals surface area (Å²) >= 11 is 0.963. The molecule has 0 saturated heterocycles. The molecule has 0 unspecified atom stereocenters. The third kappa shape index (κ3) is 3.97. The molecule has 0 atom stereocenters. The van der Waals surface area contributed by atoms with Gasteiger partial charge >= 0.3 is 17.1 Å². The number of rotatable bonds is 4. The first kappa shape index (κ1) is 15.9. The zero-order chi connectivity index (χ0) is 12.1. The van der Waals surface area contributed by atoms with E-state index in [0.717, 1.165) is 11.3 Å². The summed E-state index contributed by atoms with van der Waals surface area (Å²) in [6.45, 7) is 3.82. The van der Waals surface area contributed by atoms with Crippen molar-refractivity contribution >= 4 is 28.4 Å². The minimum atomic E-state index is -0.612. The fourth-order valence-electron chi connectivity index (χ4n) is 1.05. The first-order chi connectivity index (χ1) is 7.60. The van der Waals surface area contributed by atoms with E-state index < -0.39 is 11.9 Å². The number of aromatic nitrogens is 1. The van der Waals surface area contributed by atoms with Crippen LogP contribution in [0.4, 0.5) is 5.13 Å². The average Bonchev–Trinajstić information content (AvgIpc) is 2.61. The maximum absolute atomic E-state index is 11.5. The lowest BCUT2D eigenvalue weighted by atomic mass is 10.3. The molecule has 1 aromatic rings. The molecule has 3 N–H and O–H groups in total. The minimum Gasteiger partial charge on any atom is -1.00 e. The molecule has 0 aliphatic heterocycles. The highest BCUT2D eigenvalue weighted by Gasteiger charge is 2.27. The number of nitrogens with one attached hydrogen (secondary N) is 1.